The fraction of sp³-hybridized carbons (Fsp3) is 0.963. The average Bonchev–Trinajstić information content (AvgIpc) is 2.75. The smallest absolute Gasteiger partial charge is 0.407 e. The van der Waals surface area contributed by atoms with E-state index in [4.69, 9.17) is 9.47 Å². The summed E-state index contributed by atoms with van der Waals surface area (Å²) in [6.07, 6.45) is 20.7. The number of hydrogen-bond acceptors (Lipinski definition) is 3. The molecule has 32 heavy (non-hydrogen) atoms. The summed E-state index contributed by atoms with van der Waals surface area (Å²) in [5.41, 5.74) is 0. The second kappa shape index (κ2) is 20.8. The van der Waals surface area contributed by atoms with Crippen LogP contribution in [0.25, 0.3) is 0 Å². The van der Waals surface area contributed by atoms with Crippen molar-refractivity contribution in [2.45, 2.75) is 129 Å². The summed E-state index contributed by atoms with van der Waals surface area (Å²) >= 11 is 0. The molecule has 0 fully saturated rings. The molecule has 5 heteroatoms. The number of carbonyl (C=O) groups excluding carboxylic acids is 1. The zero-order valence-electron chi connectivity index (χ0n) is 22.6. The molecule has 5 nitrogen and oxygen atoms in total. The molecule has 0 saturated carbocycles. The summed E-state index contributed by atoms with van der Waals surface area (Å²) in [4.78, 5) is 11.9. The molecule has 0 saturated heterocycles. The molecule has 2 atom stereocenters. The molecule has 0 aromatic carbocycles. The Labute approximate surface area is 200 Å². The third-order valence-corrected chi connectivity index (χ3v) is 6.71. The van der Waals surface area contributed by atoms with Gasteiger partial charge >= 0.3 is 6.09 Å². The lowest BCUT2D eigenvalue weighted by atomic mass is 10.0. The molecule has 0 aliphatic rings. The average molecular weight is 458 g/mol. The Hall–Kier alpha value is -0.810. The molecule has 0 bridgehead atoms. The van der Waals surface area contributed by atoms with E-state index in [9.17, 15) is 4.79 Å². The molecule has 0 aromatic rings. The van der Waals surface area contributed by atoms with Crippen molar-refractivity contribution in [2.24, 2.45) is 0 Å². The van der Waals surface area contributed by atoms with Crippen molar-refractivity contribution < 1.29 is 18.8 Å². The SMILES string of the molecule is CCCCCCCCCCCCCCCCCNC(=O)OCC(CC(C)[N+](C)(C)C)OC. The summed E-state index contributed by atoms with van der Waals surface area (Å²) in [5.74, 6) is 0. The number of rotatable bonds is 22. The lowest BCUT2D eigenvalue weighted by Crippen LogP contribution is -2.45. The van der Waals surface area contributed by atoms with Gasteiger partial charge in [0, 0.05) is 20.1 Å². The van der Waals surface area contributed by atoms with Crippen molar-refractivity contribution in [1.29, 1.82) is 0 Å². The van der Waals surface area contributed by atoms with Gasteiger partial charge in [-0.2, -0.15) is 0 Å². The molecule has 192 valence electrons. The van der Waals surface area contributed by atoms with E-state index < -0.39 is 0 Å². The van der Waals surface area contributed by atoms with Crippen molar-refractivity contribution in [3.63, 3.8) is 0 Å². The van der Waals surface area contributed by atoms with Gasteiger partial charge in [-0.05, 0) is 13.3 Å². The van der Waals surface area contributed by atoms with Crippen LogP contribution in [0.3, 0.4) is 0 Å². The van der Waals surface area contributed by atoms with Crippen LogP contribution in [0.5, 0.6) is 0 Å². The minimum absolute atomic E-state index is 0.0566. The van der Waals surface area contributed by atoms with Crippen LogP contribution >= 0.6 is 0 Å². The molecule has 0 aliphatic carbocycles. The number of carbonyl (C=O) groups is 1. The van der Waals surface area contributed by atoms with Gasteiger partial charge in [-0.15, -0.1) is 0 Å². The highest BCUT2D eigenvalue weighted by Gasteiger charge is 2.23. The minimum Gasteiger partial charge on any atom is -0.447 e. The van der Waals surface area contributed by atoms with Gasteiger partial charge < -0.3 is 19.3 Å². The van der Waals surface area contributed by atoms with Gasteiger partial charge in [-0.3, -0.25) is 0 Å². The fourth-order valence-electron chi connectivity index (χ4n) is 3.84. The van der Waals surface area contributed by atoms with E-state index in [1.54, 1.807) is 7.11 Å². The zero-order chi connectivity index (χ0) is 24.1. The quantitative estimate of drug-likeness (QED) is 0.139. The van der Waals surface area contributed by atoms with Crippen molar-refractivity contribution >= 4 is 6.09 Å². The highest BCUT2D eigenvalue weighted by atomic mass is 16.6. The molecule has 0 radical (unpaired) electrons. The maximum absolute atomic E-state index is 11.9. The molecular formula is C27H57N2O3+. The van der Waals surface area contributed by atoms with Crippen molar-refractivity contribution in [3.05, 3.63) is 0 Å². The molecular weight excluding hydrogens is 400 g/mol. The zero-order valence-corrected chi connectivity index (χ0v) is 22.6. The van der Waals surface area contributed by atoms with Gasteiger partial charge in [-0.25, -0.2) is 4.79 Å². The number of alkyl carbamates (subject to hydrolysis) is 1. The van der Waals surface area contributed by atoms with E-state index in [0.29, 0.717) is 19.2 Å². The number of nitrogens with zero attached hydrogens (tertiary/aromatic N) is 1. The van der Waals surface area contributed by atoms with Crippen LogP contribution in [0.15, 0.2) is 0 Å². The fourth-order valence-corrected chi connectivity index (χ4v) is 3.84. The predicted octanol–water partition coefficient (Wildman–Crippen LogP) is 7.08. The van der Waals surface area contributed by atoms with Crippen molar-refractivity contribution in [1.82, 2.24) is 5.32 Å². The number of amides is 1. The first-order chi connectivity index (χ1) is 15.3. The summed E-state index contributed by atoms with van der Waals surface area (Å²) in [6.45, 7) is 5.49. The second-order valence-electron chi connectivity index (χ2n) is 10.5. The van der Waals surface area contributed by atoms with E-state index in [1.165, 1.54) is 89.9 Å². The van der Waals surface area contributed by atoms with E-state index in [0.717, 1.165) is 17.3 Å². The van der Waals surface area contributed by atoms with Gasteiger partial charge in [-0.1, -0.05) is 96.8 Å². The van der Waals surface area contributed by atoms with Crippen LogP contribution < -0.4 is 5.32 Å². The number of methoxy groups -OCH3 is 1. The van der Waals surface area contributed by atoms with Crippen molar-refractivity contribution in [3.8, 4) is 0 Å². The van der Waals surface area contributed by atoms with E-state index in [1.807, 2.05) is 0 Å². The highest BCUT2D eigenvalue weighted by Crippen LogP contribution is 2.14. The maximum Gasteiger partial charge on any atom is 0.407 e. The maximum atomic E-state index is 11.9. The number of unbranched alkanes of at least 4 members (excludes halogenated alkanes) is 14. The lowest BCUT2D eigenvalue weighted by Gasteiger charge is -2.33. The number of ether oxygens (including phenoxy) is 2. The van der Waals surface area contributed by atoms with Gasteiger partial charge in [0.2, 0.25) is 0 Å². The molecule has 1 amide bonds. The first-order valence-electron chi connectivity index (χ1n) is 13.6. The molecule has 0 aliphatic heterocycles. The molecule has 0 heterocycles. The minimum atomic E-state index is -0.324. The van der Waals surface area contributed by atoms with Crippen LogP contribution in [0, 0.1) is 0 Å². The normalized spacial score (nSPS) is 13.7. The van der Waals surface area contributed by atoms with E-state index in [2.05, 4.69) is 40.3 Å². The molecule has 0 spiro atoms. The largest absolute Gasteiger partial charge is 0.447 e. The molecule has 2 unspecified atom stereocenters. The van der Waals surface area contributed by atoms with Crippen LogP contribution in [-0.2, 0) is 9.47 Å². The first kappa shape index (κ1) is 31.2. The Kier molecular flexibility index (Phi) is 20.2. The van der Waals surface area contributed by atoms with Crippen LogP contribution in [0.1, 0.15) is 117 Å². The monoisotopic (exact) mass is 457 g/mol. The second-order valence-corrected chi connectivity index (χ2v) is 10.5. The number of nitrogens with one attached hydrogen (secondary N) is 1. The van der Waals surface area contributed by atoms with Crippen LogP contribution in [0.2, 0.25) is 0 Å². The Bertz CT molecular complexity index is 424. The third-order valence-electron chi connectivity index (χ3n) is 6.71. The van der Waals surface area contributed by atoms with Gasteiger partial charge in [0.15, 0.2) is 0 Å². The molecule has 0 rings (SSSR count). The summed E-state index contributed by atoms with van der Waals surface area (Å²) < 4.78 is 11.7. The van der Waals surface area contributed by atoms with Crippen LogP contribution in [0.4, 0.5) is 4.79 Å². The summed E-state index contributed by atoms with van der Waals surface area (Å²) in [5, 5.41) is 2.87. The highest BCUT2D eigenvalue weighted by molar-refractivity contribution is 5.67. The Morgan fingerprint density at radius 2 is 1.22 bits per heavy atom. The number of hydrogen-bond donors (Lipinski definition) is 1. The standard InChI is InChI=1S/C27H56N2O3/c1-7-8-9-10-11-12-13-14-15-16-17-18-19-20-21-22-28-27(30)32-24-26(31-6)23-25(2)29(3,4)5/h25-26H,7-24H2,1-6H3/p+1. The first-order valence-corrected chi connectivity index (χ1v) is 13.6. The van der Waals surface area contributed by atoms with Crippen LogP contribution in [-0.4, -0.2) is 64.1 Å². The Morgan fingerprint density at radius 3 is 1.62 bits per heavy atom. The van der Waals surface area contributed by atoms with Gasteiger partial charge in [0.05, 0.1) is 33.3 Å². The molecule has 0 aromatic heterocycles. The third kappa shape index (κ3) is 19.8. The predicted molar refractivity (Wildman–Crippen MR) is 137 cm³/mol. The lowest BCUT2D eigenvalue weighted by molar-refractivity contribution is -0.894. The van der Waals surface area contributed by atoms with E-state index in [-0.39, 0.29) is 12.2 Å². The van der Waals surface area contributed by atoms with E-state index >= 15 is 0 Å². The van der Waals surface area contributed by atoms with Crippen molar-refractivity contribution in [2.75, 3.05) is 41.4 Å². The van der Waals surface area contributed by atoms with Gasteiger partial charge in [0.1, 0.15) is 6.61 Å². The summed E-state index contributed by atoms with van der Waals surface area (Å²) in [6, 6.07) is 0.437. The molecule has 1 N–H and O–H groups in total. The Balaban J connectivity index is 3.45. The van der Waals surface area contributed by atoms with Gasteiger partial charge in [0.25, 0.3) is 0 Å². The summed E-state index contributed by atoms with van der Waals surface area (Å²) in [7, 11) is 8.19. The topological polar surface area (TPSA) is 47.6 Å². The Morgan fingerprint density at radius 1 is 0.781 bits per heavy atom. The number of quaternary nitrogens is 1.